The SMILES string of the molecule is O=C(CCc1ccc(F)c(F)c1)N1CCC[C@]2(CCNC2)C1. The third kappa shape index (κ3) is 3.29. The van der Waals surface area contributed by atoms with Gasteiger partial charge in [-0.2, -0.15) is 0 Å². The van der Waals surface area contributed by atoms with Crippen molar-refractivity contribution >= 4 is 5.91 Å². The van der Waals surface area contributed by atoms with Crippen LogP contribution in [-0.4, -0.2) is 37.0 Å². The highest BCUT2D eigenvalue weighted by atomic mass is 19.2. The zero-order valence-electron chi connectivity index (χ0n) is 12.7. The molecular weight excluding hydrogens is 286 g/mol. The molecule has 22 heavy (non-hydrogen) atoms. The van der Waals surface area contributed by atoms with Gasteiger partial charge in [0.1, 0.15) is 0 Å². The van der Waals surface area contributed by atoms with E-state index in [1.54, 1.807) is 6.07 Å². The highest BCUT2D eigenvalue weighted by Crippen LogP contribution is 2.35. The first kappa shape index (κ1) is 15.4. The highest BCUT2D eigenvalue weighted by Gasteiger charge is 2.39. The van der Waals surface area contributed by atoms with Gasteiger partial charge in [0.15, 0.2) is 11.6 Å². The third-order valence-electron chi connectivity index (χ3n) is 4.96. The number of aryl methyl sites for hydroxylation is 1. The summed E-state index contributed by atoms with van der Waals surface area (Å²) in [5.74, 6) is -1.57. The number of nitrogens with zero attached hydrogens (tertiary/aromatic N) is 1. The number of carbonyl (C=O) groups is 1. The molecule has 2 aliphatic rings. The van der Waals surface area contributed by atoms with Crippen molar-refractivity contribution in [3.8, 4) is 0 Å². The van der Waals surface area contributed by atoms with E-state index in [4.69, 9.17) is 0 Å². The second-order valence-electron chi connectivity index (χ2n) is 6.59. The van der Waals surface area contributed by atoms with Crippen molar-refractivity contribution in [2.75, 3.05) is 26.2 Å². The van der Waals surface area contributed by atoms with E-state index in [0.717, 1.165) is 45.1 Å². The molecule has 3 nitrogen and oxygen atoms in total. The minimum atomic E-state index is -0.848. The lowest BCUT2D eigenvalue weighted by molar-refractivity contribution is -0.134. The van der Waals surface area contributed by atoms with E-state index in [1.807, 2.05) is 4.90 Å². The van der Waals surface area contributed by atoms with Crippen LogP contribution in [-0.2, 0) is 11.2 Å². The van der Waals surface area contributed by atoms with Gasteiger partial charge in [0.25, 0.3) is 0 Å². The molecule has 0 aromatic heterocycles. The number of hydrogen-bond donors (Lipinski definition) is 1. The summed E-state index contributed by atoms with van der Waals surface area (Å²) in [5, 5.41) is 3.40. The van der Waals surface area contributed by atoms with Crippen LogP contribution in [0.15, 0.2) is 18.2 Å². The monoisotopic (exact) mass is 308 g/mol. The van der Waals surface area contributed by atoms with Gasteiger partial charge in [-0.1, -0.05) is 6.07 Å². The van der Waals surface area contributed by atoms with E-state index in [0.29, 0.717) is 18.4 Å². The quantitative estimate of drug-likeness (QED) is 0.930. The van der Waals surface area contributed by atoms with E-state index in [-0.39, 0.29) is 11.3 Å². The van der Waals surface area contributed by atoms with E-state index in [2.05, 4.69) is 5.32 Å². The molecule has 0 saturated carbocycles. The van der Waals surface area contributed by atoms with E-state index < -0.39 is 11.6 Å². The Morgan fingerprint density at radius 2 is 2.14 bits per heavy atom. The van der Waals surface area contributed by atoms with Gasteiger partial charge in [0, 0.05) is 31.5 Å². The molecule has 2 saturated heterocycles. The molecule has 0 unspecified atom stereocenters. The van der Waals surface area contributed by atoms with Crippen molar-refractivity contribution in [2.24, 2.45) is 5.41 Å². The summed E-state index contributed by atoms with van der Waals surface area (Å²) < 4.78 is 26.1. The molecule has 2 aliphatic heterocycles. The normalized spacial score (nSPS) is 24.9. The lowest BCUT2D eigenvalue weighted by Gasteiger charge is -2.40. The zero-order chi connectivity index (χ0) is 15.6. The van der Waals surface area contributed by atoms with Crippen LogP contribution in [0.2, 0.25) is 0 Å². The van der Waals surface area contributed by atoms with Gasteiger partial charge in [0.05, 0.1) is 0 Å². The fraction of sp³-hybridized carbons (Fsp3) is 0.588. The average molecular weight is 308 g/mol. The molecule has 1 aromatic carbocycles. The maximum Gasteiger partial charge on any atom is 0.222 e. The molecule has 0 aliphatic carbocycles. The third-order valence-corrected chi connectivity index (χ3v) is 4.96. The van der Waals surface area contributed by atoms with Gasteiger partial charge in [-0.25, -0.2) is 8.78 Å². The van der Waals surface area contributed by atoms with Crippen LogP contribution in [0.3, 0.4) is 0 Å². The lowest BCUT2D eigenvalue weighted by Crippen LogP contribution is -2.47. The molecule has 2 fully saturated rings. The Bertz CT molecular complexity index is 556. The van der Waals surface area contributed by atoms with Crippen LogP contribution in [0.4, 0.5) is 8.78 Å². The number of benzene rings is 1. The summed E-state index contributed by atoms with van der Waals surface area (Å²) in [7, 11) is 0. The predicted octanol–water partition coefficient (Wildman–Crippen LogP) is 2.50. The number of halogens is 2. The summed E-state index contributed by atoms with van der Waals surface area (Å²) in [6.45, 7) is 3.69. The van der Waals surface area contributed by atoms with Gasteiger partial charge in [-0.3, -0.25) is 4.79 Å². The second-order valence-corrected chi connectivity index (χ2v) is 6.59. The highest BCUT2D eigenvalue weighted by molar-refractivity contribution is 5.76. The summed E-state index contributed by atoms with van der Waals surface area (Å²) in [5.41, 5.74) is 0.928. The molecule has 5 heteroatoms. The Hall–Kier alpha value is -1.49. The summed E-state index contributed by atoms with van der Waals surface area (Å²) in [6.07, 6.45) is 4.19. The van der Waals surface area contributed by atoms with E-state index in [9.17, 15) is 13.6 Å². The Balaban J connectivity index is 1.56. The molecule has 3 rings (SSSR count). The van der Waals surface area contributed by atoms with Crippen molar-refractivity contribution < 1.29 is 13.6 Å². The van der Waals surface area contributed by atoms with E-state index in [1.165, 1.54) is 12.5 Å². The van der Waals surface area contributed by atoms with Gasteiger partial charge >= 0.3 is 0 Å². The minimum absolute atomic E-state index is 0.121. The molecule has 1 atom stereocenters. The Morgan fingerprint density at radius 1 is 1.27 bits per heavy atom. The summed E-state index contributed by atoms with van der Waals surface area (Å²) >= 11 is 0. The molecule has 0 bridgehead atoms. The predicted molar refractivity (Wildman–Crippen MR) is 80.4 cm³/mol. The number of piperidine rings is 1. The number of amides is 1. The molecule has 120 valence electrons. The lowest BCUT2D eigenvalue weighted by atomic mass is 9.79. The molecule has 1 aromatic rings. The first-order valence-corrected chi connectivity index (χ1v) is 8.00. The summed E-state index contributed by atoms with van der Waals surface area (Å²) in [4.78, 5) is 14.4. The second kappa shape index (κ2) is 6.32. The fourth-order valence-electron chi connectivity index (χ4n) is 3.67. The van der Waals surface area contributed by atoms with Crippen LogP contribution < -0.4 is 5.32 Å². The van der Waals surface area contributed by atoms with Gasteiger partial charge < -0.3 is 10.2 Å². The first-order valence-electron chi connectivity index (χ1n) is 8.00. The smallest absolute Gasteiger partial charge is 0.222 e. The Kier molecular flexibility index (Phi) is 4.43. The molecule has 0 radical (unpaired) electrons. The number of rotatable bonds is 3. The maximum atomic E-state index is 13.2. The van der Waals surface area contributed by atoms with Crippen LogP contribution >= 0.6 is 0 Å². The summed E-state index contributed by atoms with van der Waals surface area (Å²) in [6, 6.07) is 3.85. The van der Waals surface area contributed by atoms with Gasteiger partial charge in [-0.15, -0.1) is 0 Å². The average Bonchev–Trinajstić information content (AvgIpc) is 2.96. The van der Waals surface area contributed by atoms with Crippen LogP contribution in [0.1, 0.15) is 31.2 Å². The van der Waals surface area contributed by atoms with Crippen molar-refractivity contribution in [2.45, 2.75) is 32.1 Å². The maximum absolute atomic E-state index is 13.2. The van der Waals surface area contributed by atoms with Crippen LogP contribution in [0.5, 0.6) is 0 Å². The number of nitrogens with one attached hydrogen (secondary N) is 1. The molecule has 1 spiro atoms. The van der Waals surface area contributed by atoms with Crippen LogP contribution in [0, 0.1) is 17.0 Å². The molecule has 2 heterocycles. The minimum Gasteiger partial charge on any atom is -0.342 e. The Labute approximate surface area is 129 Å². The Morgan fingerprint density at radius 3 is 2.86 bits per heavy atom. The first-order chi connectivity index (χ1) is 10.6. The standard InChI is InChI=1S/C17H22F2N2O/c18-14-4-2-13(10-15(14)19)3-5-16(22)21-9-1-6-17(12-21)7-8-20-11-17/h2,4,10,20H,1,3,5-9,11-12H2/t17-/m1/s1. The number of likely N-dealkylation sites (tertiary alicyclic amines) is 1. The molecule has 1 N–H and O–H groups in total. The van der Waals surface area contributed by atoms with Gasteiger partial charge in [-0.05, 0) is 49.9 Å². The molecular formula is C17H22F2N2O. The number of carbonyl (C=O) groups excluding carboxylic acids is 1. The topological polar surface area (TPSA) is 32.3 Å². The van der Waals surface area contributed by atoms with Crippen molar-refractivity contribution in [3.63, 3.8) is 0 Å². The molecule has 1 amide bonds. The van der Waals surface area contributed by atoms with Crippen LogP contribution in [0.25, 0.3) is 0 Å². The van der Waals surface area contributed by atoms with Gasteiger partial charge in [0.2, 0.25) is 5.91 Å². The van der Waals surface area contributed by atoms with Crippen molar-refractivity contribution in [1.82, 2.24) is 10.2 Å². The fourth-order valence-corrected chi connectivity index (χ4v) is 3.67. The van der Waals surface area contributed by atoms with E-state index >= 15 is 0 Å². The zero-order valence-corrected chi connectivity index (χ0v) is 12.7. The number of hydrogen-bond acceptors (Lipinski definition) is 2. The van der Waals surface area contributed by atoms with Crippen molar-refractivity contribution in [3.05, 3.63) is 35.4 Å². The largest absolute Gasteiger partial charge is 0.342 e. The van der Waals surface area contributed by atoms with Crippen molar-refractivity contribution in [1.29, 1.82) is 0 Å².